The molecule has 0 saturated heterocycles. The highest BCUT2D eigenvalue weighted by molar-refractivity contribution is 7.80. The number of hydrogen-bond acceptors (Lipinski definition) is 5. The minimum Gasteiger partial charge on any atom is -0.508 e. The van der Waals surface area contributed by atoms with Crippen LogP contribution in [0.4, 0.5) is 10.7 Å². The maximum Gasteiger partial charge on any atom is 0.341 e. The lowest BCUT2D eigenvalue weighted by atomic mass is 9.88. The fourth-order valence-electron chi connectivity index (χ4n) is 2.97. The van der Waals surface area contributed by atoms with Crippen LogP contribution < -0.4 is 10.6 Å². The first-order valence-electron chi connectivity index (χ1n) is 8.07. The quantitative estimate of drug-likeness (QED) is 0.424. The molecule has 1 aromatic carbocycles. The van der Waals surface area contributed by atoms with E-state index in [1.165, 1.54) is 12.0 Å². The Kier molecular flexibility index (Phi) is 5.24. The Balaban J connectivity index is 1.82. The number of carbonyl (C=O) groups is 1. The van der Waals surface area contributed by atoms with E-state index in [4.69, 9.17) is 17.0 Å². The highest BCUT2D eigenvalue weighted by Crippen LogP contribution is 2.40. The molecule has 0 amide bonds. The summed E-state index contributed by atoms with van der Waals surface area (Å²) in [6.45, 7) is 2.23. The summed E-state index contributed by atoms with van der Waals surface area (Å²) in [7, 11) is 1.40. The molecule has 5 nitrogen and oxygen atoms in total. The average molecular weight is 377 g/mol. The van der Waals surface area contributed by atoms with E-state index in [1.807, 2.05) is 0 Å². The minimum absolute atomic E-state index is 0.192. The largest absolute Gasteiger partial charge is 0.508 e. The number of benzene rings is 1. The predicted molar refractivity (Wildman–Crippen MR) is 105 cm³/mol. The molecule has 3 N–H and O–H groups in total. The van der Waals surface area contributed by atoms with Crippen LogP contribution in [0.15, 0.2) is 24.3 Å². The van der Waals surface area contributed by atoms with E-state index < -0.39 is 0 Å². The Morgan fingerprint density at radius 2 is 2.04 bits per heavy atom. The summed E-state index contributed by atoms with van der Waals surface area (Å²) in [4.78, 5) is 13.5. The van der Waals surface area contributed by atoms with E-state index in [0.717, 1.165) is 35.5 Å². The lowest BCUT2D eigenvalue weighted by Gasteiger charge is -2.18. The summed E-state index contributed by atoms with van der Waals surface area (Å²) in [5.74, 6) is 0.478. The zero-order chi connectivity index (χ0) is 18.0. The average Bonchev–Trinajstić information content (AvgIpc) is 2.92. The Morgan fingerprint density at radius 3 is 2.72 bits per heavy atom. The minimum atomic E-state index is -0.331. The van der Waals surface area contributed by atoms with E-state index in [2.05, 4.69) is 17.6 Å². The number of phenolic OH excluding ortho intramolecular Hbond substituents is 1. The molecular formula is C18H20N2O3S2. The van der Waals surface area contributed by atoms with Gasteiger partial charge in [0.2, 0.25) is 0 Å². The van der Waals surface area contributed by atoms with Crippen LogP contribution in [-0.2, 0) is 17.6 Å². The Morgan fingerprint density at radius 1 is 1.32 bits per heavy atom. The molecule has 7 heteroatoms. The molecule has 25 heavy (non-hydrogen) atoms. The second-order valence-electron chi connectivity index (χ2n) is 6.17. The number of thiophene rings is 1. The number of phenols is 1. The van der Waals surface area contributed by atoms with Gasteiger partial charge in [0, 0.05) is 10.6 Å². The van der Waals surface area contributed by atoms with Crippen LogP contribution in [0.2, 0.25) is 0 Å². The highest BCUT2D eigenvalue weighted by atomic mass is 32.1. The van der Waals surface area contributed by atoms with Crippen molar-refractivity contribution in [2.75, 3.05) is 17.7 Å². The van der Waals surface area contributed by atoms with Gasteiger partial charge in [0.25, 0.3) is 0 Å². The van der Waals surface area contributed by atoms with Crippen molar-refractivity contribution in [3.8, 4) is 5.75 Å². The first-order valence-corrected chi connectivity index (χ1v) is 9.30. The molecule has 3 rings (SSSR count). The zero-order valence-electron chi connectivity index (χ0n) is 14.1. The first-order chi connectivity index (χ1) is 12.0. The third kappa shape index (κ3) is 3.93. The van der Waals surface area contributed by atoms with E-state index >= 15 is 0 Å². The van der Waals surface area contributed by atoms with Gasteiger partial charge in [-0.05, 0) is 67.2 Å². The number of hydrogen-bond donors (Lipinski definition) is 3. The molecule has 1 atom stereocenters. The maximum atomic E-state index is 12.3. The molecule has 0 fully saturated rings. The van der Waals surface area contributed by atoms with Gasteiger partial charge in [-0.3, -0.25) is 0 Å². The van der Waals surface area contributed by atoms with Crippen molar-refractivity contribution in [1.82, 2.24) is 0 Å². The van der Waals surface area contributed by atoms with Gasteiger partial charge in [-0.2, -0.15) is 0 Å². The van der Waals surface area contributed by atoms with Gasteiger partial charge in [0.15, 0.2) is 5.11 Å². The number of nitrogens with one attached hydrogen (secondary N) is 2. The van der Waals surface area contributed by atoms with Crippen molar-refractivity contribution < 1.29 is 14.6 Å². The molecule has 132 valence electrons. The van der Waals surface area contributed by atoms with E-state index in [-0.39, 0.29) is 11.7 Å². The molecule has 1 aliphatic carbocycles. The number of carbonyl (C=O) groups excluding carboxylic acids is 1. The second-order valence-corrected chi connectivity index (χ2v) is 7.69. The van der Waals surface area contributed by atoms with Crippen molar-refractivity contribution in [1.29, 1.82) is 0 Å². The fourth-order valence-corrected chi connectivity index (χ4v) is 4.65. The van der Waals surface area contributed by atoms with Gasteiger partial charge in [-0.1, -0.05) is 6.92 Å². The number of fused-ring (bicyclic) bond motifs is 1. The van der Waals surface area contributed by atoms with Crippen molar-refractivity contribution in [2.45, 2.75) is 26.2 Å². The summed E-state index contributed by atoms with van der Waals surface area (Å²) in [6.07, 6.45) is 2.93. The van der Waals surface area contributed by atoms with Crippen molar-refractivity contribution in [2.24, 2.45) is 5.92 Å². The van der Waals surface area contributed by atoms with Crippen LogP contribution in [0.1, 0.15) is 34.1 Å². The topological polar surface area (TPSA) is 70.6 Å². The molecule has 0 bridgehead atoms. The summed E-state index contributed by atoms with van der Waals surface area (Å²) >= 11 is 6.94. The van der Waals surface area contributed by atoms with E-state index in [0.29, 0.717) is 16.6 Å². The van der Waals surface area contributed by atoms with Crippen LogP contribution in [0.3, 0.4) is 0 Å². The molecule has 0 spiro atoms. The SMILES string of the molecule is COC(=O)c1c(NC(=S)Nc2ccc(O)cc2)sc2c1CCC(C)C2. The summed E-state index contributed by atoms with van der Waals surface area (Å²) in [5, 5.41) is 16.6. The maximum absolute atomic E-state index is 12.3. The molecule has 1 unspecified atom stereocenters. The van der Waals surface area contributed by atoms with Crippen LogP contribution in [0.5, 0.6) is 5.75 Å². The fraction of sp³-hybridized carbons (Fsp3) is 0.333. The second kappa shape index (κ2) is 7.41. The van der Waals surface area contributed by atoms with Crippen LogP contribution in [-0.4, -0.2) is 23.3 Å². The van der Waals surface area contributed by atoms with Crippen molar-refractivity contribution in [3.05, 3.63) is 40.3 Å². The lowest BCUT2D eigenvalue weighted by Crippen LogP contribution is -2.20. The van der Waals surface area contributed by atoms with Crippen LogP contribution in [0, 0.1) is 5.92 Å². The third-order valence-corrected chi connectivity index (χ3v) is 5.63. The zero-order valence-corrected chi connectivity index (χ0v) is 15.7. The standard InChI is InChI=1S/C18H20N2O3S2/c1-10-3-8-13-14(9-10)25-16(15(13)17(22)23-2)20-18(24)19-11-4-6-12(21)7-5-11/h4-7,10,21H,3,8-9H2,1-2H3,(H2,19,20,24). The van der Waals surface area contributed by atoms with Crippen LogP contribution in [0.25, 0.3) is 0 Å². The molecule has 0 saturated carbocycles. The molecule has 0 aliphatic heterocycles. The Labute approximate surface area is 156 Å². The summed E-state index contributed by atoms with van der Waals surface area (Å²) in [5.41, 5.74) is 2.44. The van der Waals surface area contributed by atoms with Gasteiger partial charge in [0.1, 0.15) is 10.8 Å². The molecule has 2 aromatic rings. The molecule has 1 heterocycles. The van der Waals surface area contributed by atoms with Gasteiger partial charge in [-0.15, -0.1) is 11.3 Å². The summed E-state index contributed by atoms with van der Waals surface area (Å²) < 4.78 is 4.98. The van der Waals surface area contributed by atoms with Crippen molar-refractivity contribution >= 4 is 45.3 Å². The first kappa shape index (κ1) is 17.7. The van der Waals surface area contributed by atoms with E-state index in [9.17, 15) is 9.90 Å². The van der Waals surface area contributed by atoms with Gasteiger partial charge in [0.05, 0.1) is 12.7 Å². The number of rotatable bonds is 3. The van der Waals surface area contributed by atoms with Gasteiger partial charge >= 0.3 is 5.97 Å². The number of aromatic hydroxyl groups is 1. The highest BCUT2D eigenvalue weighted by Gasteiger charge is 2.28. The third-order valence-electron chi connectivity index (χ3n) is 4.25. The molecule has 0 radical (unpaired) electrons. The normalized spacial score (nSPS) is 16.0. The number of ether oxygens (including phenoxy) is 1. The molecule has 1 aromatic heterocycles. The number of esters is 1. The predicted octanol–water partition coefficient (Wildman–Crippen LogP) is 4.17. The number of thiocarbonyl (C=S) groups is 1. The molecular weight excluding hydrogens is 356 g/mol. The summed E-state index contributed by atoms with van der Waals surface area (Å²) in [6, 6.07) is 6.61. The number of methoxy groups -OCH3 is 1. The van der Waals surface area contributed by atoms with Gasteiger partial charge in [-0.25, -0.2) is 4.79 Å². The number of anilines is 2. The van der Waals surface area contributed by atoms with E-state index in [1.54, 1.807) is 35.6 Å². The lowest BCUT2D eigenvalue weighted by molar-refractivity contribution is 0.0601. The molecule has 1 aliphatic rings. The Bertz CT molecular complexity index is 799. The van der Waals surface area contributed by atoms with Crippen molar-refractivity contribution in [3.63, 3.8) is 0 Å². The smallest absolute Gasteiger partial charge is 0.341 e. The van der Waals surface area contributed by atoms with Gasteiger partial charge < -0.3 is 20.5 Å². The monoisotopic (exact) mass is 376 g/mol. The Hall–Kier alpha value is -2.12. The van der Waals surface area contributed by atoms with Crippen LogP contribution >= 0.6 is 23.6 Å².